The van der Waals surface area contributed by atoms with Gasteiger partial charge in [-0.25, -0.2) is 0 Å². The normalized spacial score (nSPS) is 19.8. The van der Waals surface area contributed by atoms with Gasteiger partial charge >= 0.3 is 0 Å². The molecule has 1 atom stereocenters. The van der Waals surface area contributed by atoms with Gasteiger partial charge in [0.25, 0.3) is 0 Å². The first kappa shape index (κ1) is 11.0. The van der Waals surface area contributed by atoms with Crippen LogP contribution in [0.2, 0.25) is 0 Å². The van der Waals surface area contributed by atoms with Gasteiger partial charge < -0.3 is 5.32 Å². The molecule has 1 aliphatic rings. The van der Waals surface area contributed by atoms with E-state index in [0.717, 1.165) is 12.0 Å². The van der Waals surface area contributed by atoms with Crippen LogP contribution in [-0.4, -0.2) is 37.1 Å². The van der Waals surface area contributed by atoms with Crippen molar-refractivity contribution in [3.05, 3.63) is 0 Å². The number of rotatable bonds is 6. The number of hydrogen-bond donors (Lipinski definition) is 1. The largest absolute Gasteiger partial charge is 0.315 e. The smallest absolute Gasteiger partial charge is 0.0215 e. The zero-order valence-electron chi connectivity index (χ0n) is 9.51. The lowest BCUT2D eigenvalue weighted by Crippen LogP contribution is -2.43. The zero-order valence-corrected chi connectivity index (χ0v) is 9.51. The molecule has 1 N–H and O–H groups in total. The van der Waals surface area contributed by atoms with Gasteiger partial charge in [-0.15, -0.1) is 0 Å². The molecule has 0 aromatic carbocycles. The Labute approximate surface area is 82.7 Å². The van der Waals surface area contributed by atoms with Crippen LogP contribution in [0.15, 0.2) is 0 Å². The summed E-state index contributed by atoms with van der Waals surface area (Å²) in [7, 11) is 2.07. The zero-order chi connectivity index (χ0) is 9.84. The van der Waals surface area contributed by atoms with Gasteiger partial charge in [0.1, 0.15) is 0 Å². The highest BCUT2D eigenvalue weighted by molar-refractivity contribution is 4.86. The molecule has 1 saturated carbocycles. The minimum atomic E-state index is 0.653. The van der Waals surface area contributed by atoms with Crippen LogP contribution in [0.4, 0.5) is 0 Å². The SMILES string of the molecule is CCN(CC(NC)C(C)C)C1CC1. The molecule has 0 radical (unpaired) electrons. The van der Waals surface area contributed by atoms with E-state index < -0.39 is 0 Å². The molecule has 1 rings (SSSR count). The highest BCUT2D eigenvalue weighted by atomic mass is 15.2. The van der Waals surface area contributed by atoms with Gasteiger partial charge in [0.2, 0.25) is 0 Å². The fraction of sp³-hybridized carbons (Fsp3) is 1.00. The highest BCUT2D eigenvalue weighted by Crippen LogP contribution is 2.26. The van der Waals surface area contributed by atoms with E-state index in [1.807, 2.05) is 0 Å². The Bertz CT molecular complexity index is 133. The van der Waals surface area contributed by atoms with Crippen LogP contribution in [0.3, 0.4) is 0 Å². The van der Waals surface area contributed by atoms with Crippen molar-refractivity contribution in [3.8, 4) is 0 Å². The third kappa shape index (κ3) is 3.28. The predicted molar refractivity (Wildman–Crippen MR) is 58.0 cm³/mol. The van der Waals surface area contributed by atoms with Crippen molar-refractivity contribution in [2.75, 3.05) is 20.1 Å². The third-order valence-corrected chi connectivity index (χ3v) is 3.08. The summed E-state index contributed by atoms with van der Waals surface area (Å²) in [5.41, 5.74) is 0. The second-order valence-corrected chi connectivity index (χ2v) is 4.46. The number of hydrogen-bond acceptors (Lipinski definition) is 2. The van der Waals surface area contributed by atoms with Crippen LogP contribution in [0.5, 0.6) is 0 Å². The summed E-state index contributed by atoms with van der Waals surface area (Å²) in [6, 6.07) is 1.56. The molecule has 78 valence electrons. The molecule has 0 bridgehead atoms. The van der Waals surface area contributed by atoms with Crippen molar-refractivity contribution < 1.29 is 0 Å². The summed E-state index contributed by atoms with van der Waals surface area (Å²) >= 11 is 0. The first-order valence-electron chi connectivity index (χ1n) is 5.60. The maximum absolute atomic E-state index is 3.41. The molecule has 1 aliphatic carbocycles. The van der Waals surface area contributed by atoms with Gasteiger partial charge in [-0.1, -0.05) is 20.8 Å². The summed E-state index contributed by atoms with van der Waals surface area (Å²) < 4.78 is 0. The van der Waals surface area contributed by atoms with E-state index in [1.165, 1.54) is 25.9 Å². The van der Waals surface area contributed by atoms with E-state index in [4.69, 9.17) is 0 Å². The molecule has 0 amide bonds. The Hall–Kier alpha value is -0.0800. The second kappa shape index (κ2) is 4.97. The van der Waals surface area contributed by atoms with Gasteiger partial charge in [0.15, 0.2) is 0 Å². The fourth-order valence-corrected chi connectivity index (χ4v) is 1.86. The Kier molecular flexibility index (Phi) is 4.20. The first-order chi connectivity index (χ1) is 6.19. The number of likely N-dealkylation sites (N-methyl/N-ethyl adjacent to an activating group) is 2. The molecule has 0 aromatic rings. The molecule has 0 heterocycles. The number of nitrogens with zero attached hydrogens (tertiary/aromatic N) is 1. The summed E-state index contributed by atoms with van der Waals surface area (Å²) in [5, 5.41) is 3.41. The number of nitrogens with one attached hydrogen (secondary N) is 1. The predicted octanol–water partition coefficient (Wildman–Crippen LogP) is 1.71. The van der Waals surface area contributed by atoms with Crippen molar-refractivity contribution in [1.82, 2.24) is 10.2 Å². The van der Waals surface area contributed by atoms with E-state index in [9.17, 15) is 0 Å². The molecular weight excluding hydrogens is 160 g/mol. The Balaban J connectivity index is 2.33. The lowest BCUT2D eigenvalue weighted by Gasteiger charge is -2.28. The average molecular weight is 184 g/mol. The molecule has 1 fully saturated rings. The summed E-state index contributed by atoms with van der Waals surface area (Å²) in [6.45, 7) is 9.28. The molecular formula is C11H24N2. The topological polar surface area (TPSA) is 15.3 Å². The standard InChI is InChI=1S/C11H24N2/c1-5-13(10-6-7-10)8-11(12-4)9(2)3/h9-12H,5-8H2,1-4H3. The average Bonchev–Trinajstić information content (AvgIpc) is 2.89. The van der Waals surface area contributed by atoms with Gasteiger partial charge in [0.05, 0.1) is 0 Å². The minimum Gasteiger partial charge on any atom is -0.315 e. The van der Waals surface area contributed by atoms with Gasteiger partial charge in [-0.2, -0.15) is 0 Å². The van der Waals surface area contributed by atoms with Gasteiger partial charge in [0, 0.05) is 18.6 Å². The van der Waals surface area contributed by atoms with Crippen LogP contribution in [0, 0.1) is 5.92 Å². The Morgan fingerprint density at radius 3 is 2.31 bits per heavy atom. The molecule has 2 nitrogen and oxygen atoms in total. The lowest BCUT2D eigenvalue weighted by atomic mass is 10.0. The molecule has 1 unspecified atom stereocenters. The van der Waals surface area contributed by atoms with Crippen LogP contribution in [0.1, 0.15) is 33.6 Å². The van der Waals surface area contributed by atoms with E-state index in [1.54, 1.807) is 0 Å². The maximum Gasteiger partial charge on any atom is 0.0215 e. The van der Waals surface area contributed by atoms with Crippen LogP contribution in [-0.2, 0) is 0 Å². The summed E-state index contributed by atoms with van der Waals surface area (Å²) in [6.07, 6.45) is 2.84. The molecule has 0 aromatic heterocycles. The van der Waals surface area contributed by atoms with Crippen LogP contribution in [0.25, 0.3) is 0 Å². The van der Waals surface area contributed by atoms with Crippen molar-refractivity contribution in [1.29, 1.82) is 0 Å². The second-order valence-electron chi connectivity index (χ2n) is 4.46. The molecule has 2 heteroatoms. The highest BCUT2D eigenvalue weighted by Gasteiger charge is 2.29. The van der Waals surface area contributed by atoms with Crippen molar-refractivity contribution in [2.45, 2.75) is 45.7 Å². The quantitative estimate of drug-likeness (QED) is 0.676. The first-order valence-corrected chi connectivity index (χ1v) is 5.60. The third-order valence-electron chi connectivity index (χ3n) is 3.08. The maximum atomic E-state index is 3.41. The van der Waals surface area contributed by atoms with Crippen molar-refractivity contribution in [2.24, 2.45) is 5.92 Å². The fourth-order valence-electron chi connectivity index (χ4n) is 1.86. The van der Waals surface area contributed by atoms with E-state index >= 15 is 0 Å². The van der Waals surface area contributed by atoms with Gasteiger partial charge in [-0.3, -0.25) is 4.90 Å². The summed E-state index contributed by atoms with van der Waals surface area (Å²) in [4.78, 5) is 2.61. The van der Waals surface area contributed by atoms with E-state index in [-0.39, 0.29) is 0 Å². The van der Waals surface area contributed by atoms with Gasteiger partial charge in [-0.05, 0) is 32.4 Å². The molecule has 0 aliphatic heterocycles. The minimum absolute atomic E-state index is 0.653. The molecule has 0 spiro atoms. The Morgan fingerprint density at radius 2 is 2.00 bits per heavy atom. The van der Waals surface area contributed by atoms with Crippen LogP contribution < -0.4 is 5.32 Å². The lowest BCUT2D eigenvalue weighted by molar-refractivity contribution is 0.224. The summed E-state index contributed by atoms with van der Waals surface area (Å²) in [5.74, 6) is 0.734. The van der Waals surface area contributed by atoms with Crippen molar-refractivity contribution in [3.63, 3.8) is 0 Å². The van der Waals surface area contributed by atoms with E-state index in [0.29, 0.717) is 6.04 Å². The molecule has 0 saturated heterocycles. The van der Waals surface area contributed by atoms with Crippen LogP contribution >= 0.6 is 0 Å². The van der Waals surface area contributed by atoms with E-state index in [2.05, 4.69) is 38.0 Å². The molecule has 13 heavy (non-hydrogen) atoms. The van der Waals surface area contributed by atoms with Crippen molar-refractivity contribution >= 4 is 0 Å². The Morgan fingerprint density at radius 1 is 1.38 bits per heavy atom. The monoisotopic (exact) mass is 184 g/mol.